The van der Waals surface area contributed by atoms with E-state index in [0.717, 1.165) is 0 Å². The molecule has 0 saturated carbocycles. The first-order chi connectivity index (χ1) is 11.4. The molecule has 6 heteroatoms. The van der Waals surface area contributed by atoms with E-state index < -0.39 is 0 Å². The Kier molecular flexibility index (Phi) is 5.89. The Hall–Kier alpha value is -2.89. The van der Waals surface area contributed by atoms with E-state index in [4.69, 9.17) is 4.74 Å². The Morgan fingerprint density at radius 3 is 2.42 bits per heavy atom. The number of halogens is 1. The molecule has 0 aromatic heterocycles. The first-order valence-electron chi connectivity index (χ1n) is 7.53. The van der Waals surface area contributed by atoms with Crippen LogP contribution in [0, 0.1) is 11.7 Å². The molecule has 0 atom stereocenters. The zero-order valence-corrected chi connectivity index (χ0v) is 13.5. The van der Waals surface area contributed by atoms with Gasteiger partial charge in [-0.25, -0.2) is 4.39 Å². The number of ether oxygens (including phenoxy) is 1. The number of amides is 2. The van der Waals surface area contributed by atoms with Crippen molar-refractivity contribution in [1.29, 1.82) is 0 Å². The molecule has 0 bridgehead atoms. The number of hydrogen-bond acceptors (Lipinski definition) is 3. The lowest BCUT2D eigenvalue weighted by atomic mass is 10.2. The largest absolute Gasteiger partial charge is 0.484 e. The van der Waals surface area contributed by atoms with E-state index >= 15 is 0 Å². The number of anilines is 2. The summed E-state index contributed by atoms with van der Waals surface area (Å²) in [7, 11) is 0. The second-order valence-corrected chi connectivity index (χ2v) is 5.52. The van der Waals surface area contributed by atoms with Crippen LogP contribution in [0.3, 0.4) is 0 Å². The second-order valence-electron chi connectivity index (χ2n) is 5.52. The molecule has 0 aliphatic heterocycles. The molecule has 5 nitrogen and oxygen atoms in total. The highest BCUT2D eigenvalue weighted by molar-refractivity contribution is 5.92. The third-order valence-corrected chi connectivity index (χ3v) is 3.12. The molecular formula is C18H19FN2O3. The monoisotopic (exact) mass is 330 g/mol. The van der Waals surface area contributed by atoms with Crippen molar-refractivity contribution in [2.75, 3.05) is 17.2 Å². The van der Waals surface area contributed by atoms with Crippen LogP contribution in [-0.2, 0) is 9.59 Å². The molecule has 2 N–H and O–H groups in total. The van der Waals surface area contributed by atoms with Crippen LogP contribution in [0.15, 0.2) is 48.5 Å². The molecule has 0 radical (unpaired) electrons. The third-order valence-electron chi connectivity index (χ3n) is 3.12. The van der Waals surface area contributed by atoms with Gasteiger partial charge < -0.3 is 15.4 Å². The van der Waals surface area contributed by atoms with Gasteiger partial charge in [0, 0.05) is 23.4 Å². The highest BCUT2D eigenvalue weighted by atomic mass is 19.1. The molecular weight excluding hydrogens is 311 g/mol. The predicted octanol–water partition coefficient (Wildman–Crippen LogP) is 3.44. The van der Waals surface area contributed by atoms with Crippen LogP contribution in [0.5, 0.6) is 5.75 Å². The first-order valence-corrected chi connectivity index (χ1v) is 7.53. The second kappa shape index (κ2) is 8.10. The average Bonchev–Trinajstić information content (AvgIpc) is 2.55. The average molecular weight is 330 g/mol. The fraction of sp³-hybridized carbons (Fsp3) is 0.222. The molecule has 2 amide bonds. The topological polar surface area (TPSA) is 67.4 Å². The third kappa shape index (κ3) is 5.39. The maximum Gasteiger partial charge on any atom is 0.262 e. The summed E-state index contributed by atoms with van der Waals surface area (Å²) < 4.78 is 18.2. The van der Waals surface area contributed by atoms with Crippen molar-refractivity contribution < 1.29 is 18.7 Å². The van der Waals surface area contributed by atoms with Crippen molar-refractivity contribution >= 4 is 23.2 Å². The van der Waals surface area contributed by atoms with E-state index in [-0.39, 0.29) is 30.2 Å². The van der Waals surface area contributed by atoms with Crippen LogP contribution in [0.2, 0.25) is 0 Å². The molecule has 0 saturated heterocycles. The summed E-state index contributed by atoms with van der Waals surface area (Å²) >= 11 is 0. The standard InChI is InChI=1S/C18H19FN2O3/c1-12(2)18(23)21-15-4-3-5-16(10-15)24-11-17(22)20-14-8-6-13(19)7-9-14/h3-10,12H,11H2,1-2H3,(H,20,22)(H,21,23). The van der Waals surface area contributed by atoms with Gasteiger partial charge in [0.2, 0.25) is 5.91 Å². The van der Waals surface area contributed by atoms with Gasteiger partial charge >= 0.3 is 0 Å². The van der Waals surface area contributed by atoms with Gasteiger partial charge in [-0.3, -0.25) is 9.59 Å². The summed E-state index contributed by atoms with van der Waals surface area (Å²) in [6.07, 6.45) is 0. The molecule has 2 aromatic rings. The normalized spacial score (nSPS) is 10.3. The summed E-state index contributed by atoms with van der Waals surface area (Å²) in [5, 5.41) is 5.36. The van der Waals surface area contributed by atoms with E-state index in [1.165, 1.54) is 24.3 Å². The molecule has 126 valence electrons. The molecule has 0 spiro atoms. The molecule has 0 aliphatic carbocycles. The quantitative estimate of drug-likeness (QED) is 0.852. The Morgan fingerprint density at radius 1 is 1.04 bits per heavy atom. The Morgan fingerprint density at radius 2 is 1.75 bits per heavy atom. The van der Waals surface area contributed by atoms with Gasteiger partial charge in [0.25, 0.3) is 5.91 Å². The van der Waals surface area contributed by atoms with E-state index in [0.29, 0.717) is 17.1 Å². The molecule has 0 fully saturated rings. The first kappa shape index (κ1) is 17.5. The summed E-state index contributed by atoms with van der Waals surface area (Å²) in [6, 6.07) is 12.3. The van der Waals surface area contributed by atoms with E-state index in [1.807, 2.05) is 0 Å². The number of rotatable bonds is 6. The minimum Gasteiger partial charge on any atom is -0.484 e. The van der Waals surface area contributed by atoms with Crippen molar-refractivity contribution in [1.82, 2.24) is 0 Å². The van der Waals surface area contributed by atoms with E-state index in [9.17, 15) is 14.0 Å². The van der Waals surface area contributed by atoms with Crippen molar-refractivity contribution in [3.63, 3.8) is 0 Å². The lowest BCUT2D eigenvalue weighted by Gasteiger charge is -2.10. The minimum atomic E-state index is -0.371. The van der Waals surface area contributed by atoms with Crippen molar-refractivity contribution in [2.24, 2.45) is 5.92 Å². The lowest BCUT2D eigenvalue weighted by Crippen LogP contribution is -2.20. The predicted molar refractivity (Wildman–Crippen MR) is 90.4 cm³/mol. The Labute approximate surface area is 139 Å². The minimum absolute atomic E-state index is 0.0961. The van der Waals surface area contributed by atoms with Crippen LogP contribution >= 0.6 is 0 Å². The molecule has 24 heavy (non-hydrogen) atoms. The Bertz CT molecular complexity index is 714. The van der Waals surface area contributed by atoms with Gasteiger partial charge in [-0.1, -0.05) is 19.9 Å². The summed E-state index contributed by atoms with van der Waals surface area (Å²) in [5.41, 5.74) is 1.09. The fourth-order valence-electron chi connectivity index (χ4n) is 1.83. The number of benzene rings is 2. The highest BCUT2D eigenvalue weighted by Gasteiger charge is 2.08. The van der Waals surface area contributed by atoms with Gasteiger partial charge in [-0.2, -0.15) is 0 Å². The van der Waals surface area contributed by atoms with Crippen molar-refractivity contribution in [3.05, 3.63) is 54.3 Å². The van der Waals surface area contributed by atoms with Crippen LogP contribution < -0.4 is 15.4 Å². The lowest BCUT2D eigenvalue weighted by molar-refractivity contribution is -0.119. The maximum atomic E-state index is 12.8. The molecule has 0 aliphatic rings. The number of nitrogens with one attached hydrogen (secondary N) is 2. The number of carbonyl (C=O) groups is 2. The number of hydrogen-bond donors (Lipinski definition) is 2. The van der Waals surface area contributed by atoms with Gasteiger partial charge in [0.1, 0.15) is 11.6 Å². The summed E-state index contributed by atoms with van der Waals surface area (Å²) in [4.78, 5) is 23.5. The van der Waals surface area contributed by atoms with Gasteiger partial charge in [0.15, 0.2) is 6.61 Å². The van der Waals surface area contributed by atoms with Gasteiger partial charge in [-0.15, -0.1) is 0 Å². The van der Waals surface area contributed by atoms with E-state index in [2.05, 4.69) is 10.6 Å². The van der Waals surface area contributed by atoms with E-state index in [1.54, 1.807) is 38.1 Å². The SMILES string of the molecule is CC(C)C(=O)Nc1cccc(OCC(=O)Nc2ccc(F)cc2)c1. The van der Waals surface area contributed by atoms with Crippen LogP contribution in [0.4, 0.5) is 15.8 Å². The van der Waals surface area contributed by atoms with Crippen molar-refractivity contribution in [3.8, 4) is 5.75 Å². The molecule has 0 heterocycles. The number of carbonyl (C=O) groups excluding carboxylic acids is 2. The van der Waals surface area contributed by atoms with Crippen LogP contribution in [-0.4, -0.2) is 18.4 Å². The van der Waals surface area contributed by atoms with Crippen LogP contribution in [0.1, 0.15) is 13.8 Å². The fourth-order valence-corrected chi connectivity index (χ4v) is 1.83. The van der Waals surface area contributed by atoms with Crippen LogP contribution in [0.25, 0.3) is 0 Å². The van der Waals surface area contributed by atoms with Crippen molar-refractivity contribution in [2.45, 2.75) is 13.8 Å². The Balaban J connectivity index is 1.88. The zero-order chi connectivity index (χ0) is 17.5. The highest BCUT2D eigenvalue weighted by Crippen LogP contribution is 2.18. The van der Waals surface area contributed by atoms with Gasteiger partial charge in [0.05, 0.1) is 0 Å². The smallest absolute Gasteiger partial charge is 0.262 e. The molecule has 0 unspecified atom stereocenters. The zero-order valence-electron chi connectivity index (χ0n) is 13.5. The summed E-state index contributed by atoms with van der Waals surface area (Å²) in [5.74, 6) is -0.495. The maximum absolute atomic E-state index is 12.8. The molecule has 2 rings (SSSR count). The molecule has 2 aromatic carbocycles. The summed E-state index contributed by atoms with van der Waals surface area (Å²) in [6.45, 7) is 3.41. The van der Waals surface area contributed by atoms with Gasteiger partial charge in [-0.05, 0) is 36.4 Å².